The molecule has 1 atom stereocenters. The van der Waals surface area contributed by atoms with Crippen molar-refractivity contribution in [2.45, 2.75) is 25.8 Å². The van der Waals surface area contributed by atoms with Crippen LogP contribution in [0.25, 0.3) is 0 Å². The molecule has 0 amide bonds. The first-order valence-electron chi connectivity index (χ1n) is 5.12. The maximum absolute atomic E-state index is 11.0. The third-order valence-electron chi connectivity index (χ3n) is 2.24. The van der Waals surface area contributed by atoms with Gasteiger partial charge in [0.05, 0.1) is 6.61 Å². The van der Waals surface area contributed by atoms with Crippen LogP contribution in [0.5, 0.6) is 0 Å². The Labute approximate surface area is 90.8 Å². The molecular formula is C10H21NO4. The van der Waals surface area contributed by atoms with Gasteiger partial charge in [0.25, 0.3) is 0 Å². The summed E-state index contributed by atoms with van der Waals surface area (Å²) in [5, 5.41) is 12.0. The molecule has 0 aliphatic heterocycles. The zero-order valence-corrected chi connectivity index (χ0v) is 9.71. The van der Waals surface area contributed by atoms with E-state index in [1.54, 1.807) is 14.0 Å². The van der Waals surface area contributed by atoms with Crippen molar-refractivity contribution in [2.75, 3.05) is 33.5 Å². The van der Waals surface area contributed by atoms with Crippen LogP contribution in [0.2, 0.25) is 0 Å². The fourth-order valence-corrected chi connectivity index (χ4v) is 1.12. The van der Waals surface area contributed by atoms with E-state index in [9.17, 15) is 4.79 Å². The van der Waals surface area contributed by atoms with Gasteiger partial charge in [-0.1, -0.05) is 0 Å². The molecule has 1 unspecified atom stereocenters. The van der Waals surface area contributed by atoms with Crippen molar-refractivity contribution in [1.82, 2.24) is 5.32 Å². The number of aliphatic carboxylic acids is 1. The second kappa shape index (κ2) is 7.62. The summed E-state index contributed by atoms with van der Waals surface area (Å²) in [5.41, 5.74) is -0.937. The number of carbonyl (C=O) groups is 1. The lowest BCUT2D eigenvalue weighted by molar-refractivity contribution is -0.145. The fraction of sp³-hybridized carbons (Fsp3) is 0.900. The van der Waals surface area contributed by atoms with Crippen molar-refractivity contribution in [1.29, 1.82) is 0 Å². The standard InChI is InChI=1S/C10H21NO4/c1-4-15-8-6-11-10(2,9(12)13)5-7-14-3/h11H,4-8H2,1-3H3,(H,12,13). The van der Waals surface area contributed by atoms with Crippen LogP contribution >= 0.6 is 0 Å². The highest BCUT2D eigenvalue weighted by atomic mass is 16.5. The van der Waals surface area contributed by atoms with Crippen molar-refractivity contribution >= 4 is 5.97 Å². The van der Waals surface area contributed by atoms with Gasteiger partial charge in [-0.25, -0.2) is 0 Å². The molecule has 0 spiro atoms. The Hall–Kier alpha value is -0.650. The van der Waals surface area contributed by atoms with Gasteiger partial charge in [0.2, 0.25) is 0 Å². The van der Waals surface area contributed by atoms with Gasteiger partial charge in [-0.2, -0.15) is 0 Å². The number of ether oxygens (including phenoxy) is 2. The summed E-state index contributed by atoms with van der Waals surface area (Å²) in [6.45, 7) is 5.67. The molecule has 0 heterocycles. The third-order valence-corrected chi connectivity index (χ3v) is 2.24. The van der Waals surface area contributed by atoms with Crippen molar-refractivity contribution in [3.8, 4) is 0 Å². The average molecular weight is 219 g/mol. The van der Waals surface area contributed by atoms with Gasteiger partial charge < -0.3 is 14.6 Å². The Kier molecular flexibility index (Phi) is 7.29. The van der Waals surface area contributed by atoms with E-state index in [2.05, 4.69) is 5.32 Å². The molecule has 5 heteroatoms. The largest absolute Gasteiger partial charge is 0.480 e. The predicted octanol–water partition coefficient (Wildman–Crippen LogP) is 0.492. The number of rotatable bonds is 9. The van der Waals surface area contributed by atoms with Crippen LogP contribution in [0.15, 0.2) is 0 Å². The van der Waals surface area contributed by atoms with Gasteiger partial charge in [-0.05, 0) is 20.3 Å². The molecular weight excluding hydrogens is 198 g/mol. The Morgan fingerprint density at radius 1 is 1.47 bits per heavy atom. The zero-order chi connectivity index (χ0) is 11.7. The first-order valence-corrected chi connectivity index (χ1v) is 5.12. The molecule has 0 aliphatic carbocycles. The topological polar surface area (TPSA) is 67.8 Å². The first kappa shape index (κ1) is 14.3. The molecule has 0 aliphatic rings. The van der Waals surface area contributed by atoms with Crippen LogP contribution in [0.4, 0.5) is 0 Å². The monoisotopic (exact) mass is 219 g/mol. The van der Waals surface area contributed by atoms with Gasteiger partial charge in [-0.3, -0.25) is 10.1 Å². The molecule has 5 nitrogen and oxygen atoms in total. The van der Waals surface area contributed by atoms with Crippen molar-refractivity contribution in [2.24, 2.45) is 0 Å². The summed E-state index contributed by atoms with van der Waals surface area (Å²) in [7, 11) is 1.56. The summed E-state index contributed by atoms with van der Waals surface area (Å²) in [4.78, 5) is 11.0. The normalized spacial score (nSPS) is 14.9. The highest BCUT2D eigenvalue weighted by molar-refractivity contribution is 5.78. The second-order valence-corrected chi connectivity index (χ2v) is 3.50. The maximum Gasteiger partial charge on any atom is 0.323 e. The smallest absolute Gasteiger partial charge is 0.323 e. The van der Waals surface area contributed by atoms with E-state index in [1.807, 2.05) is 6.92 Å². The molecule has 90 valence electrons. The Bertz CT molecular complexity index is 186. The van der Waals surface area contributed by atoms with E-state index in [0.29, 0.717) is 32.8 Å². The number of hydrogen-bond acceptors (Lipinski definition) is 4. The maximum atomic E-state index is 11.0. The van der Waals surface area contributed by atoms with E-state index >= 15 is 0 Å². The van der Waals surface area contributed by atoms with Gasteiger partial charge in [0, 0.05) is 26.9 Å². The molecule has 0 radical (unpaired) electrons. The van der Waals surface area contributed by atoms with Gasteiger partial charge in [0.15, 0.2) is 0 Å². The number of hydrogen-bond donors (Lipinski definition) is 2. The van der Waals surface area contributed by atoms with Crippen LogP contribution in [0.1, 0.15) is 20.3 Å². The minimum atomic E-state index is -0.937. The van der Waals surface area contributed by atoms with E-state index in [0.717, 1.165) is 0 Å². The zero-order valence-electron chi connectivity index (χ0n) is 9.71. The summed E-state index contributed by atoms with van der Waals surface area (Å²) < 4.78 is 10.0. The molecule has 0 saturated carbocycles. The van der Waals surface area contributed by atoms with Crippen LogP contribution < -0.4 is 5.32 Å². The third kappa shape index (κ3) is 5.71. The molecule has 2 N–H and O–H groups in total. The van der Waals surface area contributed by atoms with Gasteiger partial charge in [0.1, 0.15) is 5.54 Å². The van der Waals surface area contributed by atoms with E-state index in [1.165, 1.54) is 0 Å². The summed E-state index contributed by atoms with van der Waals surface area (Å²) >= 11 is 0. The minimum absolute atomic E-state index is 0.421. The second-order valence-electron chi connectivity index (χ2n) is 3.50. The van der Waals surface area contributed by atoms with Gasteiger partial charge >= 0.3 is 5.97 Å². The molecule has 0 saturated heterocycles. The number of carboxylic acids is 1. The number of nitrogens with one attached hydrogen (secondary N) is 1. The molecule has 15 heavy (non-hydrogen) atoms. The number of methoxy groups -OCH3 is 1. The highest BCUT2D eigenvalue weighted by Crippen LogP contribution is 2.09. The van der Waals surface area contributed by atoms with Crippen LogP contribution in [0.3, 0.4) is 0 Å². The van der Waals surface area contributed by atoms with Crippen molar-refractivity contribution < 1.29 is 19.4 Å². The Morgan fingerprint density at radius 3 is 2.60 bits per heavy atom. The molecule has 0 aromatic rings. The van der Waals surface area contributed by atoms with Gasteiger partial charge in [-0.15, -0.1) is 0 Å². The highest BCUT2D eigenvalue weighted by Gasteiger charge is 2.31. The fourth-order valence-electron chi connectivity index (χ4n) is 1.12. The van der Waals surface area contributed by atoms with Crippen molar-refractivity contribution in [3.63, 3.8) is 0 Å². The molecule has 0 rings (SSSR count). The Morgan fingerprint density at radius 2 is 2.13 bits per heavy atom. The van der Waals surface area contributed by atoms with Crippen molar-refractivity contribution in [3.05, 3.63) is 0 Å². The van der Waals surface area contributed by atoms with Crippen LogP contribution in [0, 0.1) is 0 Å². The van der Waals surface area contributed by atoms with E-state index in [-0.39, 0.29) is 0 Å². The molecule has 0 aromatic heterocycles. The van der Waals surface area contributed by atoms with Crippen LogP contribution in [-0.2, 0) is 14.3 Å². The molecule has 0 fully saturated rings. The first-order chi connectivity index (χ1) is 7.06. The lowest BCUT2D eigenvalue weighted by Crippen LogP contribution is -2.51. The Balaban J connectivity index is 3.96. The summed E-state index contributed by atoms with van der Waals surface area (Å²) in [6, 6.07) is 0. The lowest BCUT2D eigenvalue weighted by Gasteiger charge is -2.25. The minimum Gasteiger partial charge on any atom is -0.480 e. The summed E-state index contributed by atoms with van der Waals surface area (Å²) in [5.74, 6) is -0.865. The van der Waals surface area contributed by atoms with E-state index in [4.69, 9.17) is 14.6 Å². The summed E-state index contributed by atoms with van der Waals surface area (Å²) in [6.07, 6.45) is 0.435. The quantitative estimate of drug-likeness (QED) is 0.552. The number of carboxylic acid groups (broad SMARTS) is 1. The lowest BCUT2D eigenvalue weighted by atomic mass is 9.98. The molecule has 0 aromatic carbocycles. The average Bonchev–Trinajstić information content (AvgIpc) is 2.21. The predicted molar refractivity (Wildman–Crippen MR) is 57.0 cm³/mol. The molecule has 0 bridgehead atoms. The SMILES string of the molecule is CCOCCNC(C)(CCOC)C(=O)O. The van der Waals surface area contributed by atoms with Crippen LogP contribution in [-0.4, -0.2) is 50.1 Å². The van der Waals surface area contributed by atoms with E-state index < -0.39 is 11.5 Å².